The van der Waals surface area contributed by atoms with Crippen LogP contribution >= 0.6 is 0 Å². The van der Waals surface area contributed by atoms with E-state index in [1.54, 1.807) is 6.08 Å². The molecular weight excluding hydrogens is 168 g/mol. The van der Waals surface area contributed by atoms with E-state index in [2.05, 4.69) is 4.74 Å². The van der Waals surface area contributed by atoms with Crippen molar-refractivity contribution in [3.8, 4) is 0 Å². The number of aliphatic hydroxyl groups excluding tert-OH is 1. The fraction of sp³-hybridized carbons (Fsp3) is 0.700. The van der Waals surface area contributed by atoms with Gasteiger partial charge in [-0.1, -0.05) is 26.3 Å². The van der Waals surface area contributed by atoms with Gasteiger partial charge in [-0.25, -0.2) is 4.79 Å². The lowest BCUT2D eigenvalue weighted by Gasteiger charge is -2.13. The molecule has 0 bridgehead atoms. The van der Waals surface area contributed by atoms with E-state index in [1.165, 1.54) is 13.2 Å². The molecule has 0 aliphatic carbocycles. The molecule has 76 valence electrons. The number of hydrogen-bond donors (Lipinski definition) is 1. The van der Waals surface area contributed by atoms with Crippen LogP contribution in [0.25, 0.3) is 0 Å². The van der Waals surface area contributed by atoms with Gasteiger partial charge in [0, 0.05) is 12.0 Å². The van der Waals surface area contributed by atoms with Gasteiger partial charge in [0.1, 0.15) is 0 Å². The summed E-state index contributed by atoms with van der Waals surface area (Å²) in [5, 5.41) is 9.50. The van der Waals surface area contributed by atoms with Gasteiger partial charge in [-0.2, -0.15) is 0 Å². The van der Waals surface area contributed by atoms with Crippen molar-refractivity contribution in [1.82, 2.24) is 0 Å². The third kappa shape index (κ3) is 5.42. The number of ether oxygens (including phenoxy) is 1. The molecule has 1 N–H and O–H groups in total. The number of esters is 1. The summed E-state index contributed by atoms with van der Waals surface area (Å²) < 4.78 is 4.43. The first kappa shape index (κ1) is 12.2. The first-order chi connectivity index (χ1) is 6.11. The van der Waals surface area contributed by atoms with E-state index in [-0.39, 0.29) is 18.0 Å². The molecule has 13 heavy (non-hydrogen) atoms. The molecule has 0 aliphatic heterocycles. The zero-order valence-electron chi connectivity index (χ0n) is 8.49. The molecule has 3 nitrogen and oxygen atoms in total. The second-order valence-electron chi connectivity index (χ2n) is 3.10. The van der Waals surface area contributed by atoms with Crippen molar-refractivity contribution in [2.75, 3.05) is 7.11 Å². The zero-order valence-corrected chi connectivity index (χ0v) is 8.49. The molecule has 0 spiro atoms. The lowest BCUT2D eigenvalue weighted by molar-refractivity contribution is -0.134. The van der Waals surface area contributed by atoms with Gasteiger partial charge in [-0.3, -0.25) is 0 Å². The van der Waals surface area contributed by atoms with Crippen LogP contribution in [0, 0.1) is 5.92 Å². The van der Waals surface area contributed by atoms with Gasteiger partial charge in [-0.05, 0) is 6.42 Å². The molecule has 0 aromatic heterocycles. The number of methoxy groups -OCH3 is 1. The molecule has 3 heteroatoms. The second kappa shape index (κ2) is 6.66. The van der Waals surface area contributed by atoms with Crippen LogP contribution in [-0.4, -0.2) is 24.3 Å². The van der Waals surface area contributed by atoms with Gasteiger partial charge in [0.05, 0.1) is 13.2 Å². The maximum Gasteiger partial charge on any atom is 0.330 e. The van der Waals surface area contributed by atoms with Crippen LogP contribution in [0.15, 0.2) is 12.2 Å². The average molecular weight is 186 g/mol. The maximum absolute atomic E-state index is 10.7. The highest BCUT2D eigenvalue weighted by Gasteiger charge is 2.09. The van der Waals surface area contributed by atoms with E-state index in [4.69, 9.17) is 0 Å². The predicted molar refractivity (Wildman–Crippen MR) is 51.2 cm³/mol. The first-order valence-electron chi connectivity index (χ1n) is 4.56. The van der Waals surface area contributed by atoms with Crippen LogP contribution in [0.5, 0.6) is 0 Å². The molecule has 0 aromatic rings. The van der Waals surface area contributed by atoms with Gasteiger partial charge >= 0.3 is 5.97 Å². The molecule has 0 fully saturated rings. The normalized spacial score (nSPS) is 15.7. The van der Waals surface area contributed by atoms with E-state index in [1.807, 2.05) is 13.8 Å². The van der Waals surface area contributed by atoms with E-state index in [0.717, 1.165) is 12.8 Å². The van der Waals surface area contributed by atoms with E-state index >= 15 is 0 Å². The minimum Gasteiger partial charge on any atom is -0.466 e. The molecule has 0 rings (SSSR count). The van der Waals surface area contributed by atoms with Crippen molar-refractivity contribution in [3.63, 3.8) is 0 Å². The number of hydrogen-bond acceptors (Lipinski definition) is 3. The Labute approximate surface area is 79.4 Å². The molecule has 0 aliphatic rings. The Bertz CT molecular complexity index is 175. The van der Waals surface area contributed by atoms with Crippen LogP contribution in [0.4, 0.5) is 0 Å². The Morgan fingerprint density at radius 2 is 2.23 bits per heavy atom. The highest BCUT2D eigenvalue weighted by Crippen LogP contribution is 2.10. The Balaban J connectivity index is 3.90. The lowest BCUT2D eigenvalue weighted by atomic mass is 10.0. The first-order valence-corrected chi connectivity index (χ1v) is 4.56. The lowest BCUT2D eigenvalue weighted by Crippen LogP contribution is -2.15. The van der Waals surface area contributed by atoms with Gasteiger partial charge in [0.25, 0.3) is 0 Å². The molecular formula is C10H18O3. The summed E-state index contributed by atoms with van der Waals surface area (Å²) in [5.74, 6) is -0.380. The standard InChI is InChI=1S/C10H18O3/c1-4-5-9(11)8(2)6-7-10(12)13-3/h6-9,11H,4-5H2,1-3H3. The molecule has 0 amide bonds. The Morgan fingerprint density at radius 1 is 1.62 bits per heavy atom. The largest absolute Gasteiger partial charge is 0.466 e. The van der Waals surface area contributed by atoms with Crippen LogP contribution in [0.1, 0.15) is 26.7 Å². The van der Waals surface area contributed by atoms with Crippen LogP contribution in [0.2, 0.25) is 0 Å². The third-order valence-electron chi connectivity index (χ3n) is 1.93. The third-order valence-corrected chi connectivity index (χ3v) is 1.93. The van der Waals surface area contributed by atoms with Crippen LogP contribution in [-0.2, 0) is 9.53 Å². The van der Waals surface area contributed by atoms with Gasteiger partial charge in [0.2, 0.25) is 0 Å². The minimum atomic E-state index is -0.379. The molecule has 0 aromatic carbocycles. The molecule has 0 saturated heterocycles. The summed E-state index contributed by atoms with van der Waals surface area (Å²) in [4.78, 5) is 10.7. The van der Waals surface area contributed by atoms with E-state index in [0.29, 0.717) is 0 Å². The van der Waals surface area contributed by atoms with Crippen LogP contribution in [0.3, 0.4) is 0 Å². The predicted octanol–water partition coefficient (Wildman–Crippen LogP) is 1.51. The van der Waals surface area contributed by atoms with Crippen molar-refractivity contribution in [2.24, 2.45) is 5.92 Å². The highest BCUT2D eigenvalue weighted by atomic mass is 16.5. The zero-order chi connectivity index (χ0) is 10.3. The number of aliphatic hydroxyl groups is 1. The van der Waals surface area contributed by atoms with Gasteiger partial charge in [-0.15, -0.1) is 0 Å². The molecule has 2 unspecified atom stereocenters. The highest BCUT2D eigenvalue weighted by molar-refractivity contribution is 5.81. The SMILES string of the molecule is CCCC(O)C(C)C=CC(=O)OC. The Morgan fingerprint density at radius 3 is 2.69 bits per heavy atom. The molecule has 0 heterocycles. The number of rotatable bonds is 5. The molecule has 0 radical (unpaired) electrons. The summed E-state index contributed by atoms with van der Waals surface area (Å²) in [6.45, 7) is 3.89. The van der Waals surface area contributed by atoms with Gasteiger partial charge in [0.15, 0.2) is 0 Å². The van der Waals surface area contributed by atoms with Crippen molar-refractivity contribution in [1.29, 1.82) is 0 Å². The Hall–Kier alpha value is -0.830. The van der Waals surface area contributed by atoms with Crippen molar-refractivity contribution < 1.29 is 14.6 Å². The summed E-state index contributed by atoms with van der Waals surface area (Å²) in [7, 11) is 1.33. The Kier molecular flexibility index (Phi) is 6.24. The smallest absolute Gasteiger partial charge is 0.330 e. The summed E-state index contributed by atoms with van der Waals surface area (Å²) in [6, 6.07) is 0. The maximum atomic E-state index is 10.7. The fourth-order valence-corrected chi connectivity index (χ4v) is 0.985. The van der Waals surface area contributed by atoms with Crippen molar-refractivity contribution >= 4 is 5.97 Å². The average Bonchev–Trinajstić information content (AvgIpc) is 2.13. The van der Waals surface area contributed by atoms with Crippen molar-refractivity contribution in [3.05, 3.63) is 12.2 Å². The monoisotopic (exact) mass is 186 g/mol. The summed E-state index contributed by atoms with van der Waals surface area (Å²) in [5.41, 5.74) is 0. The van der Waals surface area contributed by atoms with Gasteiger partial charge < -0.3 is 9.84 Å². The fourth-order valence-electron chi connectivity index (χ4n) is 0.985. The topological polar surface area (TPSA) is 46.5 Å². The molecule has 2 atom stereocenters. The summed E-state index contributed by atoms with van der Waals surface area (Å²) in [6.07, 6.45) is 4.35. The second-order valence-corrected chi connectivity index (χ2v) is 3.10. The van der Waals surface area contributed by atoms with Crippen molar-refractivity contribution in [2.45, 2.75) is 32.8 Å². The molecule has 0 saturated carbocycles. The van der Waals surface area contributed by atoms with Crippen LogP contribution < -0.4 is 0 Å². The number of carbonyl (C=O) groups is 1. The number of carbonyl (C=O) groups excluding carboxylic acids is 1. The van der Waals surface area contributed by atoms with E-state index in [9.17, 15) is 9.90 Å². The minimum absolute atomic E-state index is 0.000880. The quantitative estimate of drug-likeness (QED) is 0.523. The van der Waals surface area contributed by atoms with E-state index < -0.39 is 0 Å². The summed E-state index contributed by atoms with van der Waals surface area (Å²) >= 11 is 0.